The Morgan fingerprint density at radius 3 is 2.58 bits per heavy atom. The number of amides is 1. The van der Waals surface area contributed by atoms with Crippen molar-refractivity contribution in [3.8, 4) is 5.75 Å². The molecule has 0 radical (unpaired) electrons. The molecule has 0 aromatic heterocycles. The molecular weight excluding hydrogens is 246 g/mol. The maximum Gasteiger partial charge on any atom is 0.415 e. The quantitative estimate of drug-likeness (QED) is 0.892. The van der Waals surface area contributed by atoms with Crippen molar-refractivity contribution in [2.24, 2.45) is 0 Å². The number of benzene rings is 1. The van der Waals surface area contributed by atoms with E-state index < -0.39 is 11.7 Å². The number of anilines is 1. The number of carbonyl (C=O) groups is 1. The molecule has 1 aliphatic heterocycles. The van der Waals surface area contributed by atoms with Crippen LogP contribution in [0.4, 0.5) is 10.5 Å². The molecule has 0 unspecified atom stereocenters. The third-order valence-electron chi connectivity index (χ3n) is 2.68. The van der Waals surface area contributed by atoms with Gasteiger partial charge in [-0.25, -0.2) is 4.79 Å². The number of phenols is 1. The van der Waals surface area contributed by atoms with Crippen molar-refractivity contribution < 1.29 is 19.4 Å². The van der Waals surface area contributed by atoms with Crippen LogP contribution in [-0.2, 0) is 9.47 Å². The Morgan fingerprint density at radius 2 is 2.11 bits per heavy atom. The predicted molar refractivity (Wildman–Crippen MR) is 71.4 cm³/mol. The summed E-state index contributed by atoms with van der Waals surface area (Å²) in [5.41, 5.74) is 0.0547. The van der Waals surface area contributed by atoms with Gasteiger partial charge in [-0.2, -0.15) is 0 Å². The van der Waals surface area contributed by atoms with Gasteiger partial charge in [-0.1, -0.05) is 6.07 Å². The lowest BCUT2D eigenvalue weighted by atomic mass is 10.1. The van der Waals surface area contributed by atoms with Gasteiger partial charge in [-0.3, -0.25) is 4.90 Å². The van der Waals surface area contributed by atoms with E-state index in [4.69, 9.17) is 9.47 Å². The second-order valence-corrected chi connectivity index (χ2v) is 5.56. The third kappa shape index (κ3) is 3.38. The van der Waals surface area contributed by atoms with Crippen LogP contribution in [0.2, 0.25) is 0 Å². The molecular formula is C14H19NO4. The van der Waals surface area contributed by atoms with Crippen molar-refractivity contribution in [3.05, 3.63) is 24.3 Å². The Morgan fingerprint density at radius 1 is 1.42 bits per heavy atom. The van der Waals surface area contributed by atoms with E-state index in [-0.39, 0.29) is 11.8 Å². The minimum absolute atomic E-state index is 0.0448. The number of aromatic hydroxyl groups is 1. The van der Waals surface area contributed by atoms with E-state index in [1.54, 1.807) is 24.3 Å². The second-order valence-electron chi connectivity index (χ2n) is 5.56. The SMILES string of the molecule is CC(C)(C)OC(=O)N(c1cccc(O)c1)C1COC1. The van der Waals surface area contributed by atoms with Crippen molar-refractivity contribution >= 4 is 11.8 Å². The molecule has 1 heterocycles. The molecule has 1 aromatic rings. The number of hydrogen-bond acceptors (Lipinski definition) is 4. The maximum atomic E-state index is 12.3. The normalized spacial score (nSPS) is 15.7. The summed E-state index contributed by atoms with van der Waals surface area (Å²) in [6.45, 7) is 6.43. The molecule has 1 saturated heterocycles. The number of hydrogen-bond donors (Lipinski definition) is 1. The highest BCUT2D eigenvalue weighted by Crippen LogP contribution is 2.26. The number of phenolic OH excluding ortho intramolecular Hbond substituents is 1. The van der Waals surface area contributed by atoms with Gasteiger partial charge in [0.05, 0.1) is 24.9 Å². The fraction of sp³-hybridized carbons (Fsp3) is 0.500. The summed E-state index contributed by atoms with van der Waals surface area (Å²) in [5.74, 6) is 0.117. The first-order valence-electron chi connectivity index (χ1n) is 6.26. The lowest BCUT2D eigenvalue weighted by Crippen LogP contribution is -2.53. The number of rotatable bonds is 2. The average molecular weight is 265 g/mol. The highest BCUT2D eigenvalue weighted by atomic mass is 16.6. The van der Waals surface area contributed by atoms with Gasteiger partial charge >= 0.3 is 6.09 Å². The van der Waals surface area contributed by atoms with Gasteiger partial charge in [0, 0.05) is 6.07 Å². The van der Waals surface area contributed by atoms with Crippen LogP contribution < -0.4 is 4.90 Å². The standard InChI is InChI=1S/C14H19NO4/c1-14(2,3)19-13(17)15(11-8-18-9-11)10-5-4-6-12(16)7-10/h4-7,11,16H,8-9H2,1-3H3. The van der Waals surface area contributed by atoms with Crippen LogP contribution in [0.3, 0.4) is 0 Å². The summed E-state index contributed by atoms with van der Waals surface area (Å²) in [4.78, 5) is 13.8. The molecule has 1 N–H and O–H groups in total. The molecule has 1 aromatic carbocycles. The molecule has 2 rings (SSSR count). The van der Waals surface area contributed by atoms with Gasteiger partial charge in [0.15, 0.2) is 0 Å². The fourth-order valence-corrected chi connectivity index (χ4v) is 1.79. The summed E-state index contributed by atoms with van der Waals surface area (Å²) in [5, 5.41) is 9.54. The molecule has 0 spiro atoms. The van der Waals surface area contributed by atoms with Crippen LogP contribution in [0, 0.1) is 0 Å². The zero-order valence-corrected chi connectivity index (χ0v) is 11.4. The van der Waals surface area contributed by atoms with Crippen LogP contribution in [-0.4, -0.2) is 36.1 Å². The zero-order valence-electron chi connectivity index (χ0n) is 11.4. The second kappa shape index (κ2) is 5.09. The predicted octanol–water partition coefficient (Wildman–Crippen LogP) is 2.53. The first kappa shape index (κ1) is 13.7. The molecule has 0 saturated carbocycles. The smallest absolute Gasteiger partial charge is 0.415 e. The van der Waals surface area contributed by atoms with Gasteiger partial charge < -0.3 is 14.6 Å². The molecule has 0 atom stereocenters. The van der Waals surface area contributed by atoms with E-state index in [9.17, 15) is 9.90 Å². The van der Waals surface area contributed by atoms with Gasteiger partial charge in [0.2, 0.25) is 0 Å². The monoisotopic (exact) mass is 265 g/mol. The van der Waals surface area contributed by atoms with E-state index in [0.717, 1.165) is 0 Å². The zero-order chi connectivity index (χ0) is 14.0. The molecule has 104 valence electrons. The van der Waals surface area contributed by atoms with Crippen LogP contribution in [0.1, 0.15) is 20.8 Å². The van der Waals surface area contributed by atoms with Crippen LogP contribution in [0.15, 0.2) is 24.3 Å². The van der Waals surface area contributed by atoms with E-state index in [1.165, 1.54) is 4.90 Å². The van der Waals surface area contributed by atoms with Crippen molar-refractivity contribution in [2.75, 3.05) is 18.1 Å². The Bertz CT molecular complexity index is 463. The highest BCUT2D eigenvalue weighted by Gasteiger charge is 2.34. The minimum Gasteiger partial charge on any atom is -0.508 e. The largest absolute Gasteiger partial charge is 0.508 e. The molecule has 5 nitrogen and oxygen atoms in total. The van der Waals surface area contributed by atoms with Crippen molar-refractivity contribution in [1.29, 1.82) is 0 Å². The Balaban J connectivity index is 2.23. The van der Waals surface area contributed by atoms with E-state index in [0.29, 0.717) is 18.9 Å². The topological polar surface area (TPSA) is 59.0 Å². The fourth-order valence-electron chi connectivity index (χ4n) is 1.79. The van der Waals surface area contributed by atoms with Gasteiger partial charge in [-0.05, 0) is 32.9 Å². The Labute approximate surface area is 112 Å². The first-order chi connectivity index (χ1) is 8.87. The van der Waals surface area contributed by atoms with Crippen LogP contribution in [0.25, 0.3) is 0 Å². The molecule has 19 heavy (non-hydrogen) atoms. The van der Waals surface area contributed by atoms with Crippen LogP contribution in [0.5, 0.6) is 5.75 Å². The van der Waals surface area contributed by atoms with Gasteiger partial charge in [0.25, 0.3) is 0 Å². The average Bonchev–Trinajstić information content (AvgIpc) is 2.20. The van der Waals surface area contributed by atoms with Crippen LogP contribution >= 0.6 is 0 Å². The lowest BCUT2D eigenvalue weighted by Gasteiger charge is -2.37. The van der Waals surface area contributed by atoms with Crippen molar-refractivity contribution in [1.82, 2.24) is 0 Å². The van der Waals surface area contributed by atoms with Crippen molar-refractivity contribution in [3.63, 3.8) is 0 Å². The Kier molecular flexibility index (Phi) is 3.66. The van der Waals surface area contributed by atoms with E-state index >= 15 is 0 Å². The summed E-state index contributed by atoms with van der Waals surface area (Å²) < 4.78 is 10.5. The first-order valence-corrected chi connectivity index (χ1v) is 6.26. The Hall–Kier alpha value is -1.75. The molecule has 5 heteroatoms. The molecule has 1 amide bonds. The van der Waals surface area contributed by atoms with E-state index in [1.807, 2.05) is 20.8 Å². The summed E-state index contributed by atoms with van der Waals surface area (Å²) in [6, 6.07) is 6.52. The number of nitrogens with zero attached hydrogens (tertiary/aromatic N) is 1. The highest BCUT2D eigenvalue weighted by molar-refractivity contribution is 5.89. The minimum atomic E-state index is -0.559. The van der Waals surface area contributed by atoms with Gasteiger partial charge in [-0.15, -0.1) is 0 Å². The molecule has 1 fully saturated rings. The molecule has 1 aliphatic rings. The number of carbonyl (C=O) groups excluding carboxylic acids is 1. The maximum absolute atomic E-state index is 12.3. The summed E-state index contributed by atoms with van der Waals surface area (Å²) >= 11 is 0. The third-order valence-corrected chi connectivity index (χ3v) is 2.68. The lowest BCUT2D eigenvalue weighted by molar-refractivity contribution is -0.000369. The van der Waals surface area contributed by atoms with Crippen molar-refractivity contribution in [2.45, 2.75) is 32.4 Å². The molecule has 0 bridgehead atoms. The van der Waals surface area contributed by atoms with E-state index in [2.05, 4.69) is 0 Å². The molecule has 0 aliphatic carbocycles. The summed E-state index contributed by atoms with van der Waals surface area (Å²) in [6.07, 6.45) is -0.425. The number of ether oxygens (including phenoxy) is 2. The summed E-state index contributed by atoms with van der Waals surface area (Å²) in [7, 11) is 0. The van der Waals surface area contributed by atoms with Gasteiger partial charge in [0.1, 0.15) is 11.4 Å².